The Morgan fingerprint density at radius 2 is 1.79 bits per heavy atom. The number of hydrogen-bond acceptors (Lipinski definition) is 4. The molecule has 9 heteroatoms. The number of hydrogen-bond donors (Lipinski definition) is 0. The number of nitrogens with zero attached hydrogens (tertiary/aromatic N) is 1. The maximum absolute atomic E-state index is 11.9. The average molecular weight is 298 g/mol. The molecule has 0 saturated heterocycles. The number of carbonyl (C=O) groups is 2. The first-order valence-electron chi connectivity index (χ1n) is 4.76. The number of benzene rings is 1. The van der Waals surface area contributed by atoms with Crippen molar-refractivity contribution in [1.82, 2.24) is 5.06 Å². The van der Waals surface area contributed by atoms with E-state index < -0.39 is 22.9 Å². The van der Waals surface area contributed by atoms with Crippen LogP contribution in [0.15, 0.2) is 30.3 Å². The van der Waals surface area contributed by atoms with Gasteiger partial charge in [0.15, 0.2) is 0 Å². The molecule has 0 aliphatic carbocycles. The number of imide groups is 1. The highest BCUT2D eigenvalue weighted by molar-refractivity contribution is 6.63. The number of rotatable bonds is 3. The van der Waals surface area contributed by atoms with Gasteiger partial charge in [-0.1, -0.05) is 35.4 Å². The molecule has 0 bridgehead atoms. The second-order valence-electron chi connectivity index (χ2n) is 3.12. The molecule has 2 amide bonds. The molecule has 5 nitrogen and oxygen atoms in total. The van der Waals surface area contributed by atoms with E-state index in [1.54, 1.807) is 30.3 Å². The third kappa shape index (κ3) is 5.58. The molecule has 0 spiro atoms. The maximum Gasteiger partial charge on any atom is 0.544 e. The van der Waals surface area contributed by atoms with Crippen molar-refractivity contribution in [1.29, 1.82) is 0 Å². The van der Waals surface area contributed by atoms with E-state index in [9.17, 15) is 22.8 Å². The summed E-state index contributed by atoms with van der Waals surface area (Å²) in [7, 11) is 0. The summed E-state index contributed by atoms with van der Waals surface area (Å²) >= 11 is 4.79. The summed E-state index contributed by atoms with van der Waals surface area (Å²) in [6.45, 7) is -0.332. The van der Waals surface area contributed by atoms with Gasteiger partial charge in [0.2, 0.25) is 0 Å². The van der Waals surface area contributed by atoms with Gasteiger partial charge in [-0.2, -0.15) is 4.84 Å². The van der Waals surface area contributed by atoms with E-state index in [1.807, 2.05) is 0 Å². The Bertz CT molecular complexity index is 452. The SMILES string of the molecule is O=C(Cl)N(OC(F)(F)F)C(=O)OCc1ccccc1. The van der Waals surface area contributed by atoms with Gasteiger partial charge in [-0.05, 0) is 17.2 Å². The van der Waals surface area contributed by atoms with Crippen LogP contribution in [0.3, 0.4) is 0 Å². The largest absolute Gasteiger partial charge is 0.544 e. The first-order valence-corrected chi connectivity index (χ1v) is 5.13. The lowest BCUT2D eigenvalue weighted by Gasteiger charge is -2.17. The summed E-state index contributed by atoms with van der Waals surface area (Å²) in [5.74, 6) is 0. The van der Waals surface area contributed by atoms with Crippen LogP contribution in [-0.4, -0.2) is 22.9 Å². The van der Waals surface area contributed by atoms with E-state index in [2.05, 4.69) is 9.57 Å². The van der Waals surface area contributed by atoms with Crippen LogP contribution in [0.1, 0.15) is 5.56 Å². The fourth-order valence-electron chi connectivity index (χ4n) is 1.03. The molecule has 0 fully saturated rings. The molecular formula is C10H7ClF3NO4. The predicted octanol–water partition coefficient (Wildman–Crippen LogP) is 3.44. The van der Waals surface area contributed by atoms with Crippen LogP contribution < -0.4 is 0 Å². The van der Waals surface area contributed by atoms with Crippen LogP contribution in [0, 0.1) is 0 Å². The van der Waals surface area contributed by atoms with Crippen molar-refractivity contribution in [3.05, 3.63) is 35.9 Å². The minimum Gasteiger partial charge on any atom is -0.443 e. The van der Waals surface area contributed by atoms with E-state index >= 15 is 0 Å². The molecule has 104 valence electrons. The monoisotopic (exact) mass is 297 g/mol. The van der Waals surface area contributed by atoms with Crippen LogP contribution in [0.25, 0.3) is 0 Å². The fraction of sp³-hybridized carbons (Fsp3) is 0.200. The lowest BCUT2D eigenvalue weighted by Crippen LogP contribution is -2.38. The van der Waals surface area contributed by atoms with Gasteiger partial charge in [-0.15, -0.1) is 13.2 Å². The number of ether oxygens (including phenoxy) is 1. The van der Waals surface area contributed by atoms with Crippen molar-refractivity contribution >= 4 is 23.1 Å². The minimum atomic E-state index is -5.24. The molecule has 0 unspecified atom stereocenters. The normalized spacial score (nSPS) is 10.9. The topological polar surface area (TPSA) is 55.8 Å². The van der Waals surface area contributed by atoms with Gasteiger partial charge in [0.05, 0.1) is 0 Å². The second kappa shape index (κ2) is 6.39. The van der Waals surface area contributed by atoms with Crippen molar-refractivity contribution in [2.24, 2.45) is 0 Å². The molecule has 0 aromatic heterocycles. The minimum absolute atomic E-state index is 0.332. The molecule has 1 rings (SSSR count). The molecule has 0 aliphatic rings. The summed E-state index contributed by atoms with van der Waals surface area (Å²) in [6.07, 6.45) is -6.91. The summed E-state index contributed by atoms with van der Waals surface area (Å²) in [5.41, 5.74) is 0.518. The first kappa shape index (κ1) is 15.3. The van der Waals surface area contributed by atoms with Gasteiger partial charge in [0.25, 0.3) is 0 Å². The van der Waals surface area contributed by atoms with Gasteiger partial charge in [0.1, 0.15) is 6.61 Å². The highest BCUT2D eigenvalue weighted by Gasteiger charge is 2.39. The fourth-order valence-corrected chi connectivity index (χ4v) is 1.13. The highest BCUT2D eigenvalue weighted by Crippen LogP contribution is 2.20. The smallest absolute Gasteiger partial charge is 0.443 e. The van der Waals surface area contributed by atoms with Crippen LogP contribution in [0.5, 0.6) is 0 Å². The second-order valence-corrected chi connectivity index (χ2v) is 3.45. The molecule has 0 heterocycles. The molecule has 0 atom stereocenters. The predicted molar refractivity (Wildman–Crippen MR) is 56.9 cm³/mol. The van der Waals surface area contributed by atoms with E-state index in [1.165, 1.54) is 0 Å². The Morgan fingerprint density at radius 1 is 1.21 bits per heavy atom. The van der Waals surface area contributed by atoms with Crippen LogP contribution >= 0.6 is 11.6 Å². The maximum atomic E-state index is 11.9. The van der Waals surface area contributed by atoms with E-state index in [4.69, 9.17) is 11.6 Å². The zero-order valence-electron chi connectivity index (χ0n) is 9.19. The van der Waals surface area contributed by atoms with Gasteiger partial charge < -0.3 is 4.74 Å². The van der Waals surface area contributed by atoms with E-state index in [0.29, 0.717) is 5.56 Å². The molecule has 0 N–H and O–H groups in total. The lowest BCUT2D eigenvalue weighted by molar-refractivity contribution is -0.386. The molecule has 0 saturated carbocycles. The van der Waals surface area contributed by atoms with Crippen molar-refractivity contribution in [3.63, 3.8) is 0 Å². The Kier molecular flexibility index (Phi) is 5.13. The first-order chi connectivity index (χ1) is 8.79. The summed E-state index contributed by atoms with van der Waals surface area (Å²) < 4.78 is 40.2. The third-order valence-electron chi connectivity index (χ3n) is 1.73. The van der Waals surface area contributed by atoms with Crippen molar-refractivity contribution in [2.75, 3.05) is 0 Å². The number of alkyl halides is 3. The molecule has 0 aliphatic heterocycles. The average Bonchev–Trinajstić information content (AvgIpc) is 2.33. The van der Waals surface area contributed by atoms with Gasteiger partial charge >= 0.3 is 17.8 Å². The van der Waals surface area contributed by atoms with Crippen LogP contribution in [0.4, 0.5) is 22.8 Å². The molecule has 1 aromatic rings. The van der Waals surface area contributed by atoms with E-state index in [0.717, 1.165) is 0 Å². The number of halogens is 4. The third-order valence-corrected chi connectivity index (χ3v) is 1.88. The van der Waals surface area contributed by atoms with Crippen molar-refractivity contribution in [3.8, 4) is 0 Å². The quantitative estimate of drug-likeness (QED) is 0.487. The summed E-state index contributed by atoms with van der Waals surface area (Å²) in [4.78, 5) is 25.0. The Hall–Kier alpha value is -1.80. The van der Waals surface area contributed by atoms with Gasteiger partial charge in [-0.25, -0.2) is 4.79 Å². The summed E-state index contributed by atoms with van der Waals surface area (Å²) in [5, 5.41) is -2.49. The van der Waals surface area contributed by atoms with Crippen LogP contribution in [0.2, 0.25) is 0 Å². The van der Waals surface area contributed by atoms with Gasteiger partial charge in [-0.3, -0.25) is 4.79 Å². The highest BCUT2D eigenvalue weighted by atomic mass is 35.5. The molecule has 0 radical (unpaired) electrons. The standard InChI is InChI=1S/C10H7ClF3NO4/c11-8(16)15(19-10(12,13)14)9(17)18-6-7-4-2-1-3-5-7/h1-5H,6H2. The Labute approximate surface area is 110 Å². The van der Waals surface area contributed by atoms with Crippen molar-refractivity contribution in [2.45, 2.75) is 13.0 Å². The van der Waals surface area contributed by atoms with Crippen LogP contribution in [-0.2, 0) is 16.2 Å². The Morgan fingerprint density at radius 3 is 2.26 bits per heavy atom. The molecular weight excluding hydrogens is 291 g/mol. The Balaban J connectivity index is 2.61. The van der Waals surface area contributed by atoms with Crippen molar-refractivity contribution < 1.29 is 32.3 Å². The number of amides is 2. The molecule has 1 aromatic carbocycles. The lowest BCUT2D eigenvalue weighted by atomic mass is 10.2. The zero-order chi connectivity index (χ0) is 14.5. The molecule has 19 heavy (non-hydrogen) atoms. The number of carbonyl (C=O) groups excluding carboxylic acids is 2. The van der Waals surface area contributed by atoms with Gasteiger partial charge in [0, 0.05) is 0 Å². The number of hydroxylamine groups is 2. The summed E-state index contributed by atoms with van der Waals surface area (Å²) in [6, 6.07) is 8.13. The zero-order valence-corrected chi connectivity index (χ0v) is 9.94. The van der Waals surface area contributed by atoms with E-state index in [-0.39, 0.29) is 6.61 Å².